The molecule has 2 N–H and O–H groups in total. The van der Waals surface area contributed by atoms with Crippen LogP contribution in [0.2, 0.25) is 0 Å². The summed E-state index contributed by atoms with van der Waals surface area (Å²) >= 11 is 0. The van der Waals surface area contributed by atoms with Gasteiger partial charge in [0.1, 0.15) is 5.69 Å². The minimum atomic E-state index is -0.265. The summed E-state index contributed by atoms with van der Waals surface area (Å²) < 4.78 is 5.61. The van der Waals surface area contributed by atoms with Crippen molar-refractivity contribution >= 4 is 5.91 Å². The third-order valence-electron chi connectivity index (χ3n) is 2.95. The van der Waals surface area contributed by atoms with Crippen molar-refractivity contribution in [3.63, 3.8) is 0 Å². The molecular weight excluding hydrogens is 268 g/mol. The van der Waals surface area contributed by atoms with E-state index in [4.69, 9.17) is 4.42 Å². The molecule has 21 heavy (non-hydrogen) atoms. The van der Waals surface area contributed by atoms with Crippen molar-refractivity contribution in [1.29, 1.82) is 0 Å². The van der Waals surface area contributed by atoms with Crippen LogP contribution in [0.4, 0.5) is 0 Å². The Balaban J connectivity index is 1.64. The number of aromatic nitrogens is 3. The first-order valence-electron chi connectivity index (χ1n) is 6.53. The number of aryl methyl sites for hydroxylation is 1. The molecule has 0 saturated carbocycles. The molecule has 2 heterocycles. The van der Waals surface area contributed by atoms with Crippen molar-refractivity contribution in [3.05, 3.63) is 59.9 Å². The highest BCUT2D eigenvalue weighted by Crippen LogP contribution is 2.19. The highest BCUT2D eigenvalue weighted by Gasteiger charge is 2.11. The van der Waals surface area contributed by atoms with E-state index in [1.54, 1.807) is 12.3 Å². The monoisotopic (exact) mass is 282 g/mol. The molecule has 0 aliphatic rings. The zero-order valence-corrected chi connectivity index (χ0v) is 11.5. The molecule has 0 aliphatic carbocycles. The van der Waals surface area contributed by atoms with Crippen LogP contribution in [0.15, 0.2) is 47.0 Å². The van der Waals surface area contributed by atoms with Gasteiger partial charge in [0.05, 0.1) is 12.7 Å². The highest BCUT2D eigenvalue weighted by atomic mass is 16.4. The number of carbonyl (C=O) groups is 1. The molecule has 106 valence electrons. The zero-order chi connectivity index (χ0) is 14.7. The Morgan fingerprint density at radius 1 is 1.33 bits per heavy atom. The Morgan fingerprint density at radius 3 is 2.86 bits per heavy atom. The zero-order valence-electron chi connectivity index (χ0n) is 11.5. The van der Waals surface area contributed by atoms with E-state index in [1.165, 1.54) is 0 Å². The van der Waals surface area contributed by atoms with Gasteiger partial charge in [0.2, 0.25) is 5.89 Å². The Bertz CT molecular complexity index is 746. The van der Waals surface area contributed by atoms with Crippen LogP contribution in [0, 0.1) is 6.92 Å². The van der Waals surface area contributed by atoms with Crippen LogP contribution in [-0.4, -0.2) is 21.1 Å². The maximum atomic E-state index is 11.8. The number of carbonyl (C=O) groups excluding carboxylic acids is 1. The van der Waals surface area contributed by atoms with Crippen LogP contribution in [0.1, 0.15) is 22.1 Å². The first-order valence-corrected chi connectivity index (χ1v) is 6.53. The summed E-state index contributed by atoms with van der Waals surface area (Å²) in [4.78, 5) is 16.0. The number of benzene rings is 1. The second-order valence-electron chi connectivity index (χ2n) is 4.60. The molecule has 0 unspecified atom stereocenters. The number of hydrogen-bond donors (Lipinski definition) is 2. The minimum Gasteiger partial charge on any atom is -0.439 e. The predicted octanol–water partition coefficient (Wildman–Crippen LogP) is 2.30. The average molecular weight is 282 g/mol. The molecule has 0 fully saturated rings. The molecule has 2 aromatic heterocycles. The molecule has 3 rings (SSSR count). The number of aromatic amines is 1. The van der Waals surface area contributed by atoms with E-state index in [2.05, 4.69) is 20.5 Å². The highest BCUT2D eigenvalue weighted by molar-refractivity contribution is 5.92. The molecule has 1 amide bonds. The first-order chi connectivity index (χ1) is 10.2. The van der Waals surface area contributed by atoms with Crippen molar-refractivity contribution in [2.45, 2.75) is 13.5 Å². The van der Waals surface area contributed by atoms with Gasteiger partial charge in [0.25, 0.3) is 5.91 Å². The number of amides is 1. The lowest BCUT2D eigenvalue weighted by Crippen LogP contribution is -2.23. The molecule has 0 bridgehead atoms. The Morgan fingerprint density at radius 2 is 2.14 bits per heavy atom. The number of nitrogens with zero attached hydrogens (tertiary/aromatic N) is 2. The van der Waals surface area contributed by atoms with E-state index >= 15 is 0 Å². The van der Waals surface area contributed by atoms with Gasteiger partial charge in [-0.25, -0.2) is 4.98 Å². The largest absolute Gasteiger partial charge is 0.439 e. The summed E-state index contributed by atoms with van der Waals surface area (Å²) in [5, 5.41) is 9.33. The van der Waals surface area contributed by atoms with Gasteiger partial charge in [-0.15, -0.1) is 0 Å². The van der Waals surface area contributed by atoms with Gasteiger partial charge in [-0.1, -0.05) is 30.3 Å². The third-order valence-corrected chi connectivity index (χ3v) is 2.95. The summed E-state index contributed by atoms with van der Waals surface area (Å²) in [6, 6.07) is 11.4. The van der Waals surface area contributed by atoms with Crippen LogP contribution >= 0.6 is 0 Å². The number of hydrogen-bond acceptors (Lipinski definition) is 4. The molecule has 0 radical (unpaired) electrons. The van der Waals surface area contributed by atoms with Crippen LogP contribution in [0.25, 0.3) is 11.3 Å². The lowest BCUT2D eigenvalue weighted by atomic mass is 10.2. The smallest absolute Gasteiger partial charge is 0.272 e. The van der Waals surface area contributed by atoms with Gasteiger partial charge in [-0.2, -0.15) is 5.10 Å². The third kappa shape index (κ3) is 3.00. The molecular formula is C15H14N4O2. The molecule has 6 heteroatoms. The van der Waals surface area contributed by atoms with E-state index < -0.39 is 0 Å². The maximum Gasteiger partial charge on any atom is 0.272 e. The predicted molar refractivity (Wildman–Crippen MR) is 76.4 cm³/mol. The summed E-state index contributed by atoms with van der Waals surface area (Å²) in [6.07, 6.45) is 1.65. The summed E-state index contributed by atoms with van der Waals surface area (Å²) in [7, 11) is 0. The lowest BCUT2D eigenvalue weighted by molar-refractivity contribution is 0.0942. The Hall–Kier alpha value is -2.89. The van der Waals surface area contributed by atoms with E-state index in [9.17, 15) is 4.79 Å². The Kier molecular flexibility index (Phi) is 3.51. The first kappa shape index (κ1) is 13.1. The van der Waals surface area contributed by atoms with Crippen LogP contribution in [0.3, 0.4) is 0 Å². The van der Waals surface area contributed by atoms with Crippen molar-refractivity contribution in [2.24, 2.45) is 0 Å². The standard InChI is InChI=1S/C15H14N4O2/c1-10-7-12(19-18-10)15(20)17-9-14-16-8-13(21-14)11-5-3-2-4-6-11/h2-8H,9H2,1H3,(H,17,20)(H,18,19). The summed E-state index contributed by atoms with van der Waals surface area (Å²) in [6.45, 7) is 2.06. The average Bonchev–Trinajstić information content (AvgIpc) is 3.15. The fraction of sp³-hybridized carbons (Fsp3) is 0.133. The number of H-pyrrole nitrogens is 1. The van der Waals surface area contributed by atoms with Gasteiger partial charge >= 0.3 is 0 Å². The SMILES string of the molecule is Cc1cc(C(=O)NCc2ncc(-c3ccccc3)o2)n[nH]1. The molecule has 1 aromatic carbocycles. The van der Waals surface area contributed by atoms with Crippen molar-refractivity contribution in [1.82, 2.24) is 20.5 Å². The lowest BCUT2D eigenvalue weighted by Gasteiger charge is -1.99. The molecule has 0 spiro atoms. The van der Waals surface area contributed by atoms with Gasteiger partial charge in [0, 0.05) is 11.3 Å². The minimum absolute atomic E-state index is 0.220. The van der Waals surface area contributed by atoms with Gasteiger partial charge in [-0.3, -0.25) is 9.89 Å². The quantitative estimate of drug-likeness (QED) is 0.769. The molecule has 0 aliphatic heterocycles. The van der Waals surface area contributed by atoms with E-state index in [0.29, 0.717) is 17.3 Å². The Labute approximate surface area is 121 Å². The molecule has 6 nitrogen and oxygen atoms in total. The second kappa shape index (κ2) is 5.62. The molecule has 0 atom stereocenters. The van der Waals surface area contributed by atoms with Crippen molar-refractivity contribution in [3.8, 4) is 11.3 Å². The van der Waals surface area contributed by atoms with Gasteiger partial charge in [0.15, 0.2) is 5.76 Å². The fourth-order valence-corrected chi connectivity index (χ4v) is 1.91. The fourth-order valence-electron chi connectivity index (χ4n) is 1.91. The summed E-state index contributed by atoms with van der Waals surface area (Å²) in [5.41, 5.74) is 2.13. The van der Waals surface area contributed by atoms with E-state index in [1.807, 2.05) is 37.3 Å². The normalized spacial score (nSPS) is 10.5. The van der Waals surface area contributed by atoms with Crippen LogP contribution < -0.4 is 5.32 Å². The van der Waals surface area contributed by atoms with E-state index in [-0.39, 0.29) is 12.5 Å². The maximum absolute atomic E-state index is 11.8. The second-order valence-corrected chi connectivity index (χ2v) is 4.60. The van der Waals surface area contributed by atoms with Crippen LogP contribution in [-0.2, 0) is 6.54 Å². The molecule has 3 aromatic rings. The van der Waals surface area contributed by atoms with E-state index in [0.717, 1.165) is 11.3 Å². The van der Waals surface area contributed by atoms with Crippen LogP contribution in [0.5, 0.6) is 0 Å². The number of nitrogens with one attached hydrogen (secondary N) is 2. The number of oxazole rings is 1. The van der Waals surface area contributed by atoms with Crippen molar-refractivity contribution < 1.29 is 9.21 Å². The number of rotatable bonds is 4. The van der Waals surface area contributed by atoms with Gasteiger partial charge in [-0.05, 0) is 13.0 Å². The van der Waals surface area contributed by atoms with Gasteiger partial charge < -0.3 is 9.73 Å². The topological polar surface area (TPSA) is 83.8 Å². The summed E-state index contributed by atoms with van der Waals surface area (Å²) in [5.74, 6) is 0.865. The van der Waals surface area contributed by atoms with Crippen molar-refractivity contribution in [2.75, 3.05) is 0 Å². The molecule has 0 saturated heterocycles.